The fraction of sp³-hybridized carbons (Fsp3) is 0.909. The molecule has 0 aromatic heterocycles. The highest BCUT2D eigenvalue weighted by Gasteiger charge is 2.28. The summed E-state index contributed by atoms with van der Waals surface area (Å²) >= 11 is 0. The second kappa shape index (κ2) is 4.84. The molecule has 0 aliphatic carbocycles. The van der Waals surface area contributed by atoms with Gasteiger partial charge in [0, 0.05) is 13.1 Å². The van der Waals surface area contributed by atoms with Gasteiger partial charge in [-0.2, -0.15) is 0 Å². The lowest BCUT2D eigenvalue weighted by atomic mass is 9.93. The Kier molecular flexibility index (Phi) is 3.97. The van der Waals surface area contributed by atoms with Crippen molar-refractivity contribution in [2.24, 2.45) is 5.92 Å². The molecule has 1 unspecified atom stereocenters. The van der Waals surface area contributed by atoms with Crippen LogP contribution in [0.25, 0.3) is 0 Å². The maximum absolute atomic E-state index is 11.5. The van der Waals surface area contributed by atoms with Gasteiger partial charge in [0.25, 0.3) is 0 Å². The van der Waals surface area contributed by atoms with E-state index in [1.165, 1.54) is 0 Å². The molecule has 1 heterocycles. The summed E-state index contributed by atoms with van der Waals surface area (Å²) in [5.41, 5.74) is -0.775. The summed E-state index contributed by atoms with van der Waals surface area (Å²) < 4.78 is 0. The molecular formula is C11H22N2O2. The minimum Gasteiger partial charge on any atom is -0.388 e. The maximum atomic E-state index is 11.5. The van der Waals surface area contributed by atoms with Crippen LogP contribution in [0.1, 0.15) is 33.6 Å². The summed E-state index contributed by atoms with van der Waals surface area (Å²) in [5, 5.41) is 12.9. The van der Waals surface area contributed by atoms with Crippen molar-refractivity contribution >= 4 is 6.03 Å². The number of nitrogens with one attached hydrogen (secondary N) is 1. The molecule has 1 rings (SSSR count). The van der Waals surface area contributed by atoms with E-state index in [0.717, 1.165) is 25.9 Å². The normalized spacial score (nSPS) is 21.4. The number of carbonyl (C=O) groups excluding carboxylic acids is 1. The lowest BCUT2D eigenvalue weighted by Crippen LogP contribution is -2.52. The van der Waals surface area contributed by atoms with Crippen LogP contribution in [0, 0.1) is 5.92 Å². The van der Waals surface area contributed by atoms with Crippen LogP contribution < -0.4 is 5.32 Å². The van der Waals surface area contributed by atoms with Gasteiger partial charge >= 0.3 is 6.03 Å². The van der Waals surface area contributed by atoms with E-state index in [9.17, 15) is 9.90 Å². The van der Waals surface area contributed by atoms with Gasteiger partial charge in [-0.3, -0.25) is 0 Å². The Morgan fingerprint density at radius 1 is 1.60 bits per heavy atom. The molecule has 2 N–H and O–H groups in total. The average Bonchev–Trinajstić information content (AvgIpc) is 2.06. The minimum absolute atomic E-state index is 0.0507. The summed E-state index contributed by atoms with van der Waals surface area (Å²) in [6.45, 7) is 7.88. The Balaban J connectivity index is 2.47. The van der Waals surface area contributed by atoms with E-state index in [1.807, 2.05) is 0 Å². The van der Waals surface area contributed by atoms with Gasteiger partial charge in [0.2, 0.25) is 0 Å². The third-order valence-electron chi connectivity index (χ3n) is 2.55. The van der Waals surface area contributed by atoms with Crippen LogP contribution in [0.3, 0.4) is 0 Å². The first kappa shape index (κ1) is 12.3. The van der Waals surface area contributed by atoms with Gasteiger partial charge in [0.15, 0.2) is 0 Å². The molecule has 88 valence electrons. The largest absolute Gasteiger partial charge is 0.388 e. The second-order valence-corrected chi connectivity index (χ2v) is 5.10. The highest BCUT2D eigenvalue weighted by molar-refractivity contribution is 5.74. The molecule has 0 aromatic carbocycles. The first-order valence-corrected chi connectivity index (χ1v) is 5.66. The SMILES string of the molecule is CC(C)CC(C)(O)CN1CCCNC1=O. The molecule has 1 aliphatic rings. The molecule has 0 saturated carbocycles. The number of urea groups is 1. The minimum atomic E-state index is -0.775. The van der Waals surface area contributed by atoms with E-state index in [1.54, 1.807) is 11.8 Å². The Labute approximate surface area is 91.6 Å². The number of rotatable bonds is 4. The zero-order valence-corrected chi connectivity index (χ0v) is 9.92. The smallest absolute Gasteiger partial charge is 0.317 e. The lowest BCUT2D eigenvalue weighted by molar-refractivity contribution is 0.00985. The van der Waals surface area contributed by atoms with Crippen molar-refractivity contribution in [3.8, 4) is 0 Å². The summed E-state index contributed by atoms with van der Waals surface area (Å²) in [4.78, 5) is 13.2. The van der Waals surface area contributed by atoms with Gasteiger partial charge in [0.1, 0.15) is 0 Å². The van der Waals surface area contributed by atoms with Crippen molar-refractivity contribution in [1.82, 2.24) is 10.2 Å². The third kappa shape index (κ3) is 4.08. The zero-order chi connectivity index (χ0) is 11.5. The Bertz CT molecular complexity index is 227. The van der Waals surface area contributed by atoms with Gasteiger partial charge in [-0.05, 0) is 25.7 Å². The Morgan fingerprint density at radius 2 is 2.27 bits per heavy atom. The number of β-amino-alcohol motifs (C(OH)–C–C–N with tert-alkyl or cyclic N) is 1. The van der Waals surface area contributed by atoms with Gasteiger partial charge in [-0.15, -0.1) is 0 Å². The van der Waals surface area contributed by atoms with E-state index in [4.69, 9.17) is 0 Å². The maximum Gasteiger partial charge on any atom is 0.317 e. The molecule has 0 radical (unpaired) electrons. The standard InChI is InChI=1S/C11H22N2O2/c1-9(2)7-11(3,15)8-13-6-4-5-12-10(13)14/h9,15H,4-8H2,1-3H3,(H,12,14). The number of hydrogen-bond donors (Lipinski definition) is 2. The predicted molar refractivity (Wildman–Crippen MR) is 59.7 cm³/mol. The number of amides is 2. The molecule has 4 heteroatoms. The molecule has 0 spiro atoms. The Hall–Kier alpha value is -0.770. The molecule has 4 nitrogen and oxygen atoms in total. The molecule has 1 fully saturated rings. The first-order chi connectivity index (χ1) is 6.91. The number of carbonyl (C=O) groups is 1. The lowest BCUT2D eigenvalue weighted by Gasteiger charge is -2.35. The van der Waals surface area contributed by atoms with Crippen LogP contribution in [0.15, 0.2) is 0 Å². The number of hydrogen-bond acceptors (Lipinski definition) is 2. The topological polar surface area (TPSA) is 52.6 Å². The van der Waals surface area contributed by atoms with E-state index in [2.05, 4.69) is 19.2 Å². The van der Waals surface area contributed by atoms with Crippen LogP contribution in [0.4, 0.5) is 4.79 Å². The van der Waals surface area contributed by atoms with E-state index in [0.29, 0.717) is 12.5 Å². The highest BCUT2D eigenvalue weighted by Crippen LogP contribution is 2.18. The number of nitrogens with zero attached hydrogens (tertiary/aromatic N) is 1. The van der Waals surface area contributed by atoms with Crippen LogP contribution in [-0.2, 0) is 0 Å². The molecule has 1 saturated heterocycles. The molecular weight excluding hydrogens is 192 g/mol. The number of aliphatic hydroxyl groups is 1. The fourth-order valence-electron chi connectivity index (χ4n) is 2.18. The van der Waals surface area contributed by atoms with Crippen molar-refractivity contribution in [2.75, 3.05) is 19.6 Å². The van der Waals surface area contributed by atoms with Crippen LogP contribution in [-0.4, -0.2) is 41.3 Å². The molecule has 1 aliphatic heterocycles. The van der Waals surface area contributed by atoms with Crippen molar-refractivity contribution < 1.29 is 9.90 Å². The van der Waals surface area contributed by atoms with Crippen molar-refractivity contribution in [1.29, 1.82) is 0 Å². The van der Waals surface area contributed by atoms with Gasteiger partial charge in [0.05, 0.1) is 12.1 Å². The van der Waals surface area contributed by atoms with Crippen LogP contribution in [0.2, 0.25) is 0 Å². The summed E-state index contributed by atoms with van der Waals surface area (Å²) in [6.07, 6.45) is 1.68. The van der Waals surface area contributed by atoms with E-state index in [-0.39, 0.29) is 6.03 Å². The third-order valence-corrected chi connectivity index (χ3v) is 2.55. The highest BCUT2D eigenvalue weighted by atomic mass is 16.3. The summed E-state index contributed by atoms with van der Waals surface area (Å²) in [6, 6.07) is -0.0507. The van der Waals surface area contributed by atoms with Crippen molar-refractivity contribution in [3.05, 3.63) is 0 Å². The Morgan fingerprint density at radius 3 is 2.80 bits per heavy atom. The second-order valence-electron chi connectivity index (χ2n) is 5.10. The predicted octanol–water partition coefficient (Wildman–Crippen LogP) is 1.20. The molecule has 2 amide bonds. The van der Waals surface area contributed by atoms with Gasteiger partial charge in [-0.1, -0.05) is 13.8 Å². The van der Waals surface area contributed by atoms with Crippen LogP contribution in [0.5, 0.6) is 0 Å². The van der Waals surface area contributed by atoms with Gasteiger partial charge < -0.3 is 15.3 Å². The first-order valence-electron chi connectivity index (χ1n) is 5.66. The van der Waals surface area contributed by atoms with Gasteiger partial charge in [-0.25, -0.2) is 4.79 Å². The van der Waals surface area contributed by atoms with E-state index >= 15 is 0 Å². The molecule has 15 heavy (non-hydrogen) atoms. The monoisotopic (exact) mass is 214 g/mol. The summed E-state index contributed by atoms with van der Waals surface area (Å²) in [7, 11) is 0. The van der Waals surface area contributed by atoms with Crippen molar-refractivity contribution in [2.45, 2.75) is 39.2 Å². The molecule has 0 aromatic rings. The van der Waals surface area contributed by atoms with E-state index < -0.39 is 5.60 Å². The van der Waals surface area contributed by atoms with Crippen LogP contribution >= 0.6 is 0 Å². The van der Waals surface area contributed by atoms with Crippen molar-refractivity contribution in [3.63, 3.8) is 0 Å². The summed E-state index contributed by atoms with van der Waals surface area (Å²) in [5.74, 6) is 0.438. The molecule has 1 atom stereocenters. The fourth-order valence-corrected chi connectivity index (χ4v) is 2.18. The quantitative estimate of drug-likeness (QED) is 0.739. The average molecular weight is 214 g/mol. The molecule has 0 bridgehead atoms. The zero-order valence-electron chi connectivity index (χ0n) is 9.92.